The topological polar surface area (TPSA) is 120 Å². The van der Waals surface area contributed by atoms with Gasteiger partial charge in [0.05, 0.1) is 36.1 Å². The first-order valence-corrected chi connectivity index (χ1v) is 11.5. The van der Waals surface area contributed by atoms with Gasteiger partial charge in [-0.2, -0.15) is 5.10 Å². The summed E-state index contributed by atoms with van der Waals surface area (Å²) >= 11 is 0. The summed E-state index contributed by atoms with van der Waals surface area (Å²) in [5, 5.41) is 7.54. The number of benzene rings is 1. The Hall–Kier alpha value is -4.17. The van der Waals surface area contributed by atoms with Gasteiger partial charge in [-0.05, 0) is 37.5 Å². The summed E-state index contributed by atoms with van der Waals surface area (Å²) in [6, 6.07) is 2.88. The van der Waals surface area contributed by atoms with Crippen LogP contribution in [0.4, 0.5) is 10.2 Å². The van der Waals surface area contributed by atoms with E-state index in [0.717, 1.165) is 0 Å². The number of carbonyl (C=O) groups excluding carboxylic acids is 2. The van der Waals surface area contributed by atoms with Crippen molar-refractivity contribution in [3.63, 3.8) is 0 Å². The number of carbonyl (C=O) groups is 2. The van der Waals surface area contributed by atoms with Gasteiger partial charge in [0, 0.05) is 27.2 Å². The van der Waals surface area contributed by atoms with Crippen LogP contribution in [0.1, 0.15) is 41.0 Å². The number of hydrogen-bond donors (Lipinski definition) is 2. The summed E-state index contributed by atoms with van der Waals surface area (Å²) in [5.74, 6) is 4.49. The molecule has 1 fully saturated rings. The van der Waals surface area contributed by atoms with Crippen LogP contribution >= 0.6 is 0 Å². The molecule has 1 saturated heterocycles. The van der Waals surface area contributed by atoms with Crippen LogP contribution in [0.5, 0.6) is 0 Å². The number of imidazole rings is 1. The molecule has 3 aromatic rings. The highest BCUT2D eigenvalue weighted by atomic mass is 19.1. The number of nitrogens with one attached hydrogen (secondary N) is 1. The Morgan fingerprint density at radius 1 is 1.39 bits per heavy atom. The Balaban J connectivity index is 1.75. The molecule has 11 heteroatoms. The van der Waals surface area contributed by atoms with Crippen LogP contribution in [-0.2, 0) is 16.1 Å². The first-order chi connectivity index (χ1) is 17.3. The van der Waals surface area contributed by atoms with Crippen LogP contribution in [0.2, 0.25) is 0 Å². The molecule has 3 heterocycles. The van der Waals surface area contributed by atoms with Gasteiger partial charge in [0.25, 0.3) is 5.91 Å². The monoisotopic (exact) mass is 493 g/mol. The molecule has 2 atom stereocenters. The van der Waals surface area contributed by atoms with Crippen molar-refractivity contribution in [3.8, 4) is 11.8 Å². The number of aromatic nitrogens is 4. The number of primary amides is 1. The van der Waals surface area contributed by atoms with Crippen LogP contribution in [0.25, 0.3) is 11.0 Å². The average Bonchev–Trinajstić information content (AvgIpc) is 3.58. The number of halogens is 1. The Morgan fingerprint density at radius 2 is 2.17 bits per heavy atom. The van der Waals surface area contributed by atoms with E-state index >= 15 is 4.39 Å². The second-order valence-electron chi connectivity index (χ2n) is 8.40. The van der Waals surface area contributed by atoms with Gasteiger partial charge in [-0.1, -0.05) is 12.5 Å². The van der Waals surface area contributed by atoms with E-state index in [4.69, 9.17) is 10.5 Å². The zero-order valence-electron chi connectivity index (χ0n) is 20.4. The Kier molecular flexibility index (Phi) is 7.07. The molecule has 0 aliphatic carbocycles. The van der Waals surface area contributed by atoms with Crippen molar-refractivity contribution in [2.45, 2.75) is 32.0 Å². The molecule has 0 unspecified atom stereocenters. The van der Waals surface area contributed by atoms with E-state index in [0.29, 0.717) is 37.5 Å². The lowest BCUT2D eigenvalue weighted by Gasteiger charge is -2.22. The molecular formula is C25H28FN7O3. The third-order valence-electron chi connectivity index (χ3n) is 6.34. The smallest absolute Gasteiger partial charge is 0.255 e. The van der Waals surface area contributed by atoms with Crippen molar-refractivity contribution in [2.24, 2.45) is 5.73 Å². The van der Waals surface area contributed by atoms with E-state index in [1.54, 1.807) is 42.2 Å². The number of anilines is 1. The summed E-state index contributed by atoms with van der Waals surface area (Å²) in [6.45, 7) is 6.87. The highest BCUT2D eigenvalue weighted by Gasteiger charge is 2.37. The largest absolute Gasteiger partial charge is 0.383 e. The number of ether oxygens (including phenoxy) is 1. The fourth-order valence-corrected chi connectivity index (χ4v) is 4.64. The SMILES string of the molecule is C=CC(=O)N1C[C@@H](n2nc(C#Cc3ccc4c(ncn4CC)c3F)c(C(N)=O)c2NC)C[C@@H]1COC. The van der Waals surface area contributed by atoms with Gasteiger partial charge in [0.1, 0.15) is 16.9 Å². The van der Waals surface area contributed by atoms with E-state index in [-0.39, 0.29) is 40.3 Å². The van der Waals surface area contributed by atoms with Crippen molar-refractivity contribution in [2.75, 3.05) is 32.6 Å². The lowest BCUT2D eigenvalue weighted by Crippen LogP contribution is -2.37. The van der Waals surface area contributed by atoms with Crippen molar-refractivity contribution >= 4 is 28.7 Å². The average molecular weight is 494 g/mol. The van der Waals surface area contributed by atoms with Crippen LogP contribution in [0.15, 0.2) is 31.1 Å². The predicted molar refractivity (Wildman–Crippen MR) is 133 cm³/mol. The van der Waals surface area contributed by atoms with E-state index < -0.39 is 11.7 Å². The number of hydrogen-bond acceptors (Lipinski definition) is 6. The Labute approximate surface area is 207 Å². The highest BCUT2D eigenvalue weighted by molar-refractivity contribution is 6.00. The van der Waals surface area contributed by atoms with E-state index in [2.05, 4.69) is 33.8 Å². The Morgan fingerprint density at radius 3 is 2.81 bits per heavy atom. The second kappa shape index (κ2) is 10.2. The molecule has 1 aromatic carbocycles. The molecule has 36 heavy (non-hydrogen) atoms. The zero-order chi connectivity index (χ0) is 26.0. The van der Waals surface area contributed by atoms with E-state index in [1.165, 1.54) is 6.08 Å². The van der Waals surface area contributed by atoms with Crippen LogP contribution in [-0.4, -0.2) is 69.4 Å². The fourth-order valence-electron chi connectivity index (χ4n) is 4.64. The molecule has 0 bridgehead atoms. The maximum absolute atomic E-state index is 15.1. The molecule has 4 rings (SSSR count). The third kappa shape index (κ3) is 4.31. The van der Waals surface area contributed by atoms with Gasteiger partial charge in [-0.3, -0.25) is 9.59 Å². The molecule has 188 valence electrons. The molecule has 3 N–H and O–H groups in total. The number of methoxy groups -OCH3 is 1. The normalized spacial score (nSPS) is 17.2. The molecule has 2 amide bonds. The number of amides is 2. The van der Waals surface area contributed by atoms with Gasteiger partial charge in [0.15, 0.2) is 11.5 Å². The molecule has 0 saturated carbocycles. The maximum Gasteiger partial charge on any atom is 0.255 e. The first kappa shape index (κ1) is 24.9. The summed E-state index contributed by atoms with van der Waals surface area (Å²) in [6.07, 6.45) is 3.38. The molecule has 1 aliphatic rings. The number of likely N-dealkylation sites (tertiary alicyclic amines) is 1. The summed E-state index contributed by atoms with van der Waals surface area (Å²) in [7, 11) is 3.21. The summed E-state index contributed by atoms with van der Waals surface area (Å²) in [5.41, 5.74) is 6.92. The number of fused-ring (bicyclic) bond motifs is 1. The quantitative estimate of drug-likeness (QED) is 0.383. The van der Waals surface area contributed by atoms with Crippen molar-refractivity contribution < 1.29 is 18.7 Å². The minimum absolute atomic E-state index is 0.0959. The summed E-state index contributed by atoms with van der Waals surface area (Å²) in [4.78, 5) is 30.6. The predicted octanol–water partition coefficient (Wildman–Crippen LogP) is 1.91. The molecule has 2 aromatic heterocycles. The number of aryl methyl sites for hydroxylation is 1. The van der Waals surface area contributed by atoms with Crippen LogP contribution in [0, 0.1) is 17.7 Å². The molecule has 0 spiro atoms. The van der Waals surface area contributed by atoms with Crippen LogP contribution < -0.4 is 11.1 Å². The van der Waals surface area contributed by atoms with Crippen molar-refractivity contribution in [1.82, 2.24) is 24.2 Å². The van der Waals surface area contributed by atoms with Crippen molar-refractivity contribution in [1.29, 1.82) is 0 Å². The minimum atomic E-state index is -0.724. The Bertz CT molecular complexity index is 1400. The number of rotatable bonds is 7. The van der Waals surface area contributed by atoms with E-state index in [9.17, 15) is 9.59 Å². The molecule has 10 nitrogen and oxygen atoms in total. The van der Waals surface area contributed by atoms with Gasteiger partial charge in [-0.15, -0.1) is 0 Å². The standard InChI is InChI=1S/C25H28FN7O3/c1-5-20(34)32-12-16(11-17(32)13-36-4)33-25(28-3)21(24(27)35)18(30-33)9-7-15-8-10-19-23(22(15)26)29-14-31(19)6-2/h5,8,10,14,16-17,28H,1,6,11-13H2,2-4H3,(H2,27,35)/t16-,17+/m0/s1. The number of nitrogens with zero attached hydrogens (tertiary/aromatic N) is 5. The zero-order valence-corrected chi connectivity index (χ0v) is 20.4. The molecule has 0 radical (unpaired) electrons. The highest BCUT2D eigenvalue weighted by Crippen LogP contribution is 2.32. The molecule has 1 aliphatic heterocycles. The van der Waals surface area contributed by atoms with Gasteiger partial charge in [-0.25, -0.2) is 14.1 Å². The third-order valence-corrected chi connectivity index (χ3v) is 6.34. The van der Waals surface area contributed by atoms with Gasteiger partial charge in [0.2, 0.25) is 5.91 Å². The van der Waals surface area contributed by atoms with Crippen LogP contribution in [0.3, 0.4) is 0 Å². The lowest BCUT2D eigenvalue weighted by atomic mass is 10.1. The lowest BCUT2D eigenvalue weighted by molar-refractivity contribution is -0.127. The minimum Gasteiger partial charge on any atom is -0.383 e. The number of nitrogens with two attached hydrogens (primary N) is 1. The fraction of sp³-hybridized carbons (Fsp3) is 0.360. The second-order valence-corrected chi connectivity index (χ2v) is 8.40. The first-order valence-electron chi connectivity index (χ1n) is 11.5. The summed E-state index contributed by atoms with van der Waals surface area (Å²) < 4.78 is 23.8. The van der Waals surface area contributed by atoms with E-state index in [1.807, 2.05) is 11.5 Å². The molecular weight excluding hydrogens is 465 g/mol. The van der Waals surface area contributed by atoms with Crippen molar-refractivity contribution in [3.05, 3.63) is 53.8 Å². The maximum atomic E-state index is 15.1. The van der Waals surface area contributed by atoms with Gasteiger partial charge >= 0.3 is 0 Å². The van der Waals surface area contributed by atoms with Gasteiger partial charge < -0.3 is 25.3 Å².